The Bertz CT molecular complexity index is 668. The summed E-state index contributed by atoms with van der Waals surface area (Å²) in [7, 11) is 0. The van der Waals surface area contributed by atoms with Gasteiger partial charge in [0.1, 0.15) is 12.4 Å². The number of nitrogen functional groups attached to an aromatic ring is 1. The van der Waals surface area contributed by atoms with Gasteiger partial charge in [0.05, 0.1) is 17.0 Å². The standard InChI is InChI=1S/C11H10F2N4O4/c12-10(13)20-3-4-21-11-15-8-2-1-6(17(18)19)5-7(8)9(14)16-11/h1-2,5,10H,3-4H2,(H2,14,15,16). The van der Waals surface area contributed by atoms with E-state index in [4.69, 9.17) is 10.5 Å². The summed E-state index contributed by atoms with van der Waals surface area (Å²) in [6.45, 7) is -3.39. The predicted molar refractivity (Wildman–Crippen MR) is 68.1 cm³/mol. The molecule has 0 amide bonds. The molecule has 1 aromatic heterocycles. The van der Waals surface area contributed by atoms with Gasteiger partial charge in [-0.1, -0.05) is 0 Å². The first kappa shape index (κ1) is 14.8. The molecule has 10 heteroatoms. The van der Waals surface area contributed by atoms with E-state index in [-0.39, 0.29) is 30.7 Å². The van der Waals surface area contributed by atoms with Gasteiger partial charge in [-0.2, -0.15) is 18.7 Å². The van der Waals surface area contributed by atoms with Gasteiger partial charge in [-0.3, -0.25) is 10.1 Å². The van der Waals surface area contributed by atoms with E-state index in [9.17, 15) is 18.9 Å². The first-order valence-electron chi connectivity index (χ1n) is 5.71. The number of hydrogen-bond donors (Lipinski definition) is 1. The van der Waals surface area contributed by atoms with Gasteiger partial charge in [0.15, 0.2) is 0 Å². The second-order valence-electron chi connectivity index (χ2n) is 3.83. The molecule has 0 fully saturated rings. The van der Waals surface area contributed by atoms with Gasteiger partial charge in [-0.15, -0.1) is 0 Å². The van der Waals surface area contributed by atoms with Crippen LogP contribution in [0.25, 0.3) is 10.9 Å². The lowest BCUT2D eigenvalue weighted by Crippen LogP contribution is -2.11. The number of fused-ring (bicyclic) bond motifs is 1. The fourth-order valence-corrected chi connectivity index (χ4v) is 1.57. The number of aromatic nitrogens is 2. The first-order valence-corrected chi connectivity index (χ1v) is 5.71. The van der Waals surface area contributed by atoms with E-state index in [1.165, 1.54) is 18.2 Å². The topological polar surface area (TPSA) is 113 Å². The summed E-state index contributed by atoms with van der Waals surface area (Å²) < 4.78 is 32.5. The van der Waals surface area contributed by atoms with Crippen LogP contribution in [0, 0.1) is 10.1 Å². The first-order chi connectivity index (χ1) is 9.97. The van der Waals surface area contributed by atoms with E-state index in [0.717, 1.165) is 0 Å². The average Bonchev–Trinajstić information content (AvgIpc) is 2.43. The Labute approximate surface area is 116 Å². The van der Waals surface area contributed by atoms with Crippen LogP contribution < -0.4 is 10.5 Å². The number of non-ortho nitro benzene ring substituents is 1. The van der Waals surface area contributed by atoms with Crippen molar-refractivity contribution >= 4 is 22.4 Å². The van der Waals surface area contributed by atoms with E-state index in [1.54, 1.807) is 0 Å². The minimum Gasteiger partial charge on any atom is -0.461 e. The third-order valence-electron chi connectivity index (χ3n) is 2.46. The van der Waals surface area contributed by atoms with Crippen molar-refractivity contribution < 1.29 is 23.2 Å². The normalized spacial score (nSPS) is 11.0. The van der Waals surface area contributed by atoms with Crippen LogP contribution in [0.2, 0.25) is 0 Å². The molecule has 8 nitrogen and oxygen atoms in total. The Morgan fingerprint density at radius 2 is 2.10 bits per heavy atom. The molecule has 1 heterocycles. The van der Waals surface area contributed by atoms with Crippen LogP contribution in [0.15, 0.2) is 18.2 Å². The third-order valence-corrected chi connectivity index (χ3v) is 2.46. The van der Waals surface area contributed by atoms with Crippen molar-refractivity contribution in [1.29, 1.82) is 0 Å². The van der Waals surface area contributed by atoms with Gasteiger partial charge in [-0.25, -0.2) is 0 Å². The van der Waals surface area contributed by atoms with Crippen molar-refractivity contribution in [2.24, 2.45) is 0 Å². The van der Waals surface area contributed by atoms with Crippen LogP contribution in [0.4, 0.5) is 20.3 Å². The number of nitro groups is 1. The molecule has 112 valence electrons. The SMILES string of the molecule is Nc1nc(OCCOC(F)F)nc2ccc([N+](=O)[O-])cc12. The van der Waals surface area contributed by atoms with Crippen LogP contribution in [-0.2, 0) is 4.74 Å². The second-order valence-corrected chi connectivity index (χ2v) is 3.83. The second kappa shape index (κ2) is 6.22. The molecule has 0 unspecified atom stereocenters. The highest BCUT2D eigenvalue weighted by atomic mass is 19.3. The van der Waals surface area contributed by atoms with Gasteiger partial charge in [0, 0.05) is 17.5 Å². The van der Waals surface area contributed by atoms with Crippen LogP contribution in [0.1, 0.15) is 0 Å². The predicted octanol–water partition coefficient (Wildman–Crippen LogP) is 1.74. The van der Waals surface area contributed by atoms with Gasteiger partial charge in [0.2, 0.25) is 0 Å². The maximum Gasteiger partial charge on any atom is 0.345 e. The van der Waals surface area contributed by atoms with Crippen LogP contribution >= 0.6 is 0 Å². The lowest BCUT2D eigenvalue weighted by molar-refractivity contribution is -0.384. The van der Waals surface area contributed by atoms with Crippen LogP contribution in [0.5, 0.6) is 6.01 Å². The zero-order chi connectivity index (χ0) is 15.4. The largest absolute Gasteiger partial charge is 0.461 e. The highest BCUT2D eigenvalue weighted by Crippen LogP contribution is 2.24. The number of alkyl halides is 2. The highest BCUT2D eigenvalue weighted by Gasteiger charge is 2.12. The number of ether oxygens (including phenoxy) is 2. The van der Waals surface area contributed by atoms with Crippen LogP contribution in [0.3, 0.4) is 0 Å². The van der Waals surface area contributed by atoms with Crippen molar-refractivity contribution in [1.82, 2.24) is 9.97 Å². The Morgan fingerprint density at radius 3 is 2.76 bits per heavy atom. The molecule has 0 atom stereocenters. The fourth-order valence-electron chi connectivity index (χ4n) is 1.57. The summed E-state index contributed by atoms with van der Waals surface area (Å²) in [6.07, 6.45) is 0. The minimum absolute atomic E-state index is 0.00604. The summed E-state index contributed by atoms with van der Waals surface area (Å²) in [5.74, 6) is -0.00604. The molecule has 2 aromatic rings. The van der Waals surface area contributed by atoms with Crippen molar-refractivity contribution in [2.75, 3.05) is 18.9 Å². The maximum absolute atomic E-state index is 11.8. The number of hydrogen-bond acceptors (Lipinski definition) is 7. The fraction of sp³-hybridized carbons (Fsp3) is 0.273. The Hall–Kier alpha value is -2.62. The van der Waals surface area contributed by atoms with E-state index in [2.05, 4.69) is 14.7 Å². The third kappa shape index (κ3) is 3.69. The van der Waals surface area contributed by atoms with E-state index in [0.29, 0.717) is 10.9 Å². The molecule has 0 bridgehead atoms. The molecular weight excluding hydrogens is 290 g/mol. The molecule has 1 aromatic carbocycles. The zero-order valence-corrected chi connectivity index (χ0v) is 10.5. The Balaban J connectivity index is 2.17. The summed E-state index contributed by atoms with van der Waals surface area (Å²) in [6, 6.07) is 3.78. The summed E-state index contributed by atoms with van der Waals surface area (Å²) >= 11 is 0. The molecule has 0 saturated carbocycles. The van der Waals surface area contributed by atoms with E-state index >= 15 is 0 Å². The summed E-state index contributed by atoms with van der Waals surface area (Å²) in [5.41, 5.74) is 5.88. The lowest BCUT2D eigenvalue weighted by Gasteiger charge is -2.07. The molecule has 0 aliphatic rings. The quantitative estimate of drug-likeness (QED) is 0.491. The van der Waals surface area contributed by atoms with Crippen molar-refractivity contribution in [3.8, 4) is 6.01 Å². The van der Waals surface area contributed by atoms with E-state index in [1.807, 2.05) is 0 Å². The number of halogens is 2. The average molecular weight is 300 g/mol. The highest BCUT2D eigenvalue weighted by molar-refractivity contribution is 5.90. The molecule has 0 aliphatic carbocycles. The van der Waals surface area contributed by atoms with Gasteiger partial charge < -0.3 is 15.2 Å². The van der Waals surface area contributed by atoms with Crippen molar-refractivity contribution in [3.05, 3.63) is 28.3 Å². The van der Waals surface area contributed by atoms with Crippen molar-refractivity contribution in [2.45, 2.75) is 6.61 Å². The number of benzene rings is 1. The molecular formula is C11H10F2N4O4. The minimum atomic E-state index is -2.88. The Morgan fingerprint density at radius 1 is 1.33 bits per heavy atom. The molecule has 0 radical (unpaired) electrons. The van der Waals surface area contributed by atoms with Crippen molar-refractivity contribution in [3.63, 3.8) is 0 Å². The number of nitrogens with zero attached hydrogens (tertiary/aromatic N) is 3. The molecule has 21 heavy (non-hydrogen) atoms. The summed E-state index contributed by atoms with van der Waals surface area (Å²) in [4.78, 5) is 17.9. The van der Waals surface area contributed by atoms with Gasteiger partial charge in [0.25, 0.3) is 5.69 Å². The molecule has 2 rings (SSSR count). The molecule has 2 N–H and O–H groups in total. The lowest BCUT2D eigenvalue weighted by atomic mass is 10.2. The van der Waals surface area contributed by atoms with E-state index < -0.39 is 11.5 Å². The van der Waals surface area contributed by atoms with Gasteiger partial charge >= 0.3 is 12.6 Å². The maximum atomic E-state index is 11.8. The molecule has 0 aliphatic heterocycles. The van der Waals surface area contributed by atoms with Crippen LogP contribution in [-0.4, -0.2) is 34.7 Å². The number of nitro benzene ring substituents is 1. The molecule has 0 saturated heterocycles. The molecule has 0 spiro atoms. The number of nitrogens with two attached hydrogens (primary N) is 1. The van der Waals surface area contributed by atoms with Gasteiger partial charge in [-0.05, 0) is 6.07 Å². The number of anilines is 1. The Kier molecular flexibility index (Phi) is 4.38. The smallest absolute Gasteiger partial charge is 0.345 e. The number of rotatable bonds is 6. The summed E-state index contributed by atoms with van der Waals surface area (Å²) in [5, 5.41) is 11.0. The monoisotopic (exact) mass is 300 g/mol. The zero-order valence-electron chi connectivity index (χ0n) is 10.5.